The molecule has 0 spiro atoms. The normalized spacial score (nSPS) is 11.5. The van der Waals surface area contributed by atoms with Gasteiger partial charge in [-0.3, -0.25) is 0 Å². The third-order valence-corrected chi connectivity index (χ3v) is 3.30. The molecule has 0 aliphatic rings. The van der Waals surface area contributed by atoms with Gasteiger partial charge in [-0.25, -0.2) is 9.37 Å². The molecule has 1 N–H and O–H groups in total. The van der Waals surface area contributed by atoms with E-state index in [0.717, 1.165) is 18.2 Å². The number of hydrogen-bond donors (Lipinski definition) is 1. The third kappa shape index (κ3) is 3.15. The Morgan fingerprint density at radius 1 is 1.25 bits per heavy atom. The summed E-state index contributed by atoms with van der Waals surface area (Å²) in [6.07, 6.45) is -1.67. The van der Waals surface area contributed by atoms with E-state index < -0.39 is 18.6 Å². The monoisotopic (exact) mass is 335 g/mol. The molecule has 0 amide bonds. The summed E-state index contributed by atoms with van der Waals surface area (Å²) < 4.78 is 55.4. The van der Waals surface area contributed by atoms with Crippen LogP contribution in [-0.4, -0.2) is 22.8 Å². The molecule has 0 fully saturated rings. The first-order valence-electron chi connectivity index (χ1n) is 6.74. The van der Waals surface area contributed by atoms with Gasteiger partial charge in [-0.1, -0.05) is 0 Å². The number of benzene rings is 1. The van der Waals surface area contributed by atoms with Crippen molar-refractivity contribution in [2.75, 3.05) is 6.61 Å². The standard InChI is InChI=1S/C16H9F4N3O/c17-11-1-2-14(24-8-16(18,19)20)12(4-11)9-3-13-10(5-21)7-23-15(13)22-6-9/h1-4,6-7H,8H2,(H,22,23). The van der Waals surface area contributed by atoms with Crippen LogP contribution in [0.5, 0.6) is 5.75 Å². The van der Waals surface area contributed by atoms with Gasteiger partial charge < -0.3 is 9.72 Å². The molecule has 0 aliphatic heterocycles. The van der Waals surface area contributed by atoms with Gasteiger partial charge >= 0.3 is 6.18 Å². The Bertz CT molecular complexity index is 941. The number of nitrogens with one attached hydrogen (secondary N) is 1. The van der Waals surface area contributed by atoms with Crippen molar-refractivity contribution in [3.63, 3.8) is 0 Å². The number of pyridine rings is 1. The van der Waals surface area contributed by atoms with Crippen LogP contribution in [0, 0.1) is 17.1 Å². The van der Waals surface area contributed by atoms with Crippen molar-refractivity contribution in [3.05, 3.63) is 48.0 Å². The van der Waals surface area contributed by atoms with E-state index >= 15 is 0 Å². The van der Waals surface area contributed by atoms with Crippen molar-refractivity contribution in [1.82, 2.24) is 9.97 Å². The molecule has 0 saturated heterocycles. The van der Waals surface area contributed by atoms with Gasteiger partial charge in [0.25, 0.3) is 0 Å². The lowest BCUT2D eigenvalue weighted by Gasteiger charge is -2.13. The second kappa shape index (κ2) is 5.85. The molecule has 2 heterocycles. The van der Waals surface area contributed by atoms with Crippen LogP contribution < -0.4 is 4.74 Å². The first kappa shape index (κ1) is 15.8. The fourth-order valence-electron chi connectivity index (χ4n) is 2.26. The van der Waals surface area contributed by atoms with Crippen molar-refractivity contribution in [2.45, 2.75) is 6.18 Å². The lowest BCUT2D eigenvalue weighted by atomic mass is 10.0. The summed E-state index contributed by atoms with van der Waals surface area (Å²) in [5, 5.41) is 9.54. The number of alkyl halides is 3. The van der Waals surface area contributed by atoms with Crippen LogP contribution in [0.2, 0.25) is 0 Å². The van der Waals surface area contributed by atoms with E-state index in [1.165, 1.54) is 12.4 Å². The quantitative estimate of drug-likeness (QED) is 0.730. The summed E-state index contributed by atoms with van der Waals surface area (Å²) in [4.78, 5) is 6.90. The highest BCUT2D eigenvalue weighted by Gasteiger charge is 2.29. The van der Waals surface area contributed by atoms with E-state index in [1.807, 2.05) is 6.07 Å². The van der Waals surface area contributed by atoms with E-state index in [2.05, 4.69) is 9.97 Å². The van der Waals surface area contributed by atoms with Crippen molar-refractivity contribution in [2.24, 2.45) is 0 Å². The van der Waals surface area contributed by atoms with Gasteiger partial charge in [0.05, 0.1) is 5.56 Å². The van der Waals surface area contributed by atoms with Crippen molar-refractivity contribution < 1.29 is 22.3 Å². The molecule has 0 unspecified atom stereocenters. The lowest BCUT2D eigenvalue weighted by Crippen LogP contribution is -2.19. The summed E-state index contributed by atoms with van der Waals surface area (Å²) in [7, 11) is 0. The van der Waals surface area contributed by atoms with E-state index in [1.54, 1.807) is 6.07 Å². The smallest absolute Gasteiger partial charge is 0.422 e. The molecule has 3 rings (SSSR count). The van der Waals surface area contributed by atoms with Crippen LogP contribution in [0.15, 0.2) is 36.7 Å². The van der Waals surface area contributed by atoms with Gasteiger partial charge in [-0.2, -0.15) is 18.4 Å². The molecule has 122 valence electrons. The summed E-state index contributed by atoms with van der Waals surface area (Å²) in [5.74, 6) is -0.747. The highest BCUT2D eigenvalue weighted by molar-refractivity contribution is 5.87. The Kier molecular flexibility index (Phi) is 3.85. The van der Waals surface area contributed by atoms with Crippen LogP contribution in [0.1, 0.15) is 5.56 Å². The fraction of sp³-hybridized carbons (Fsp3) is 0.125. The van der Waals surface area contributed by atoms with Crippen molar-refractivity contribution >= 4 is 11.0 Å². The van der Waals surface area contributed by atoms with Gasteiger partial charge in [-0.15, -0.1) is 0 Å². The molecule has 8 heteroatoms. The van der Waals surface area contributed by atoms with E-state index in [9.17, 15) is 17.6 Å². The number of aromatic nitrogens is 2. The number of H-pyrrole nitrogens is 1. The zero-order chi connectivity index (χ0) is 17.3. The largest absolute Gasteiger partial charge is 0.483 e. The Morgan fingerprint density at radius 2 is 2.04 bits per heavy atom. The van der Waals surface area contributed by atoms with Crippen LogP contribution >= 0.6 is 0 Å². The molecule has 4 nitrogen and oxygen atoms in total. The average Bonchev–Trinajstić information content (AvgIpc) is 2.95. The molecule has 0 bridgehead atoms. The number of aromatic amines is 1. The molecular weight excluding hydrogens is 326 g/mol. The summed E-state index contributed by atoms with van der Waals surface area (Å²) in [5.41, 5.74) is 1.24. The minimum absolute atomic E-state index is 0.121. The molecular formula is C16H9F4N3O. The van der Waals surface area contributed by atoms with Gasteiger partial charge in [-0.05, 0) is 24.3 Å². The van der Waals surface area contributed by atoms with E-state index in [-0.39, 0.29) is 11.3 Å². The lowest BCUT2D eigenvalue weighted by molar-refractivity contribution is -0.153. The zero-order valence-corrected chi connectivity index (χ0v) is 12.0. The van der Waals surface area contributed by atoms with Crippen LogP contribution in [0.25, 0.3) is 22.2 Å². The average molecular weight is 335 g/mol. The number of fused-ring (bicyclic) bond motifs is 1. The molecule has 0 radical (unpaired) electrons. The Labute approximate surface area is 133 Å². The Morgan fingerprint density at radius 3 is 2.75 bits per heavy atom. The number of hydrogen-bond acceptors (Lipinski definition) is 3. The maximum absolute atomic E-state index is 13.5. The van der Waals surface area contributed by atoms with Crippen LogP contribution in [0.3, 0.4) is 0 Å². The van der Waals surface area contributed by atoms with Crippen LogP contribution in [-0.2, 0) is 0 Å². The minimum atomic E-state index is -4.51. The van der Waals surface area contributed by atoms with Crippen molar-refractivity contribution in [1.29, 1.82) is 5.26 Å². The Balaban J connectivity index is 2.08. The zero-order valence-electron chi connectivity index (χ0n) is 12.0. The molecule has 24 heavy (non-hydrogen) atoms. The van der Waals surface area contributed by atoms with Gasteiger partial charge in [0.1, 0.15) is 23.3 Å². The highest BCUT2D eigenvalue weighted by atomic mass is 19.4. The SMILES string of the molecule is N#Cc1c[nH]c2ncc(-c3cc(F)ccc3OCC(F)(F)F)cc12. The fourth-order valence-corrected chi connectivity index (χ4v) is 2.26. The van der Waals surface area contributed by atoms with Crippen molar-refractivity contribution in [3.8, 4) is 22.9 Å². The highest BCUT2D eigenvalue weighted by Crippen LogP contribution is 2.33. The number of nitrogens with zero attached hydrogens (tertiary/aromatic N) is 2. The summed E-state index contributed by atoms with van der Waals surface area (Å²) in [6, 6.07) is 6.73. The van der Waals surface area contributed by atoms with E-state index in [0.29, 0.717) is 22.2 Å². The second-order valence-corrected chi connectivity index (χ2v) is 4.98. The van der Waals surface area contributed by atoms with Gasteiger partial charge in [0.15, 0.2) is 6.61 Å². The van der Waals surface area contributed by atoms with Crippen LogP contribution in [0.4, 0.5) is 17.6 Å². The topological polar surface area (TPSA) is 61.7 Å². The number of ether oxygens (including phenoxy) is 1. The number of nitriles is 1. The summed E-state index contributed by atoms with van der Waals surface area (Å²) >= 11 is 0. The van der Waals surface area contributed by atoms with Gasteiger partial charge in [0, 0.05) is 28.9 Å². The molecule has 3 aromatic rings. The second-order valence-electron chi connectivity index (χ2n) is 4.98. The predicted octanol–water partition coefficient (Wildman–Crippen LogP) is 4.18. The minimum Gasteiger partial charge on any atom is -0.483 e. The molecule has 0 saturated carbocycles. The number of halogens is 4. The number of rotatable bonds is 3. The first-order chi connectivity index (χ1) is 11.4. The molecule has 2 aromatic heterocycles. The first-order valence-corrected chi connectivity index (χ1v) is 6.74. The summed E-state index contributed by atoms with van der Waals surface area (Å²) in [6.45, 7) is -1.49. The third-order valence-electron chi connectivity index (χ3n) is 3.30. The van der Waals surface area contributed by atoms with E-state index in [4.69, 9.17) is 10.00 Å². The predicted molar refractivity (Wildman–Crippen MR) is 77.8 cm³/mol. The van der Waals surface area contributed by atoms with Gasteiger partial charge in [0.2, 0.25) is 0 Å². The molecule has 1 aromatic carbocycles. The molecule has 0 aliphatic carbocycles. The Hall–Kier alpha value is -3.08. The molecule has 0 atom stereocenters. The maximum Gasteiger partial charge on any atom is 0.422 e. The maximum atomic E-state index is 13.5.